The molecule has 0 bridgehead atoms. The Balaban J connectivity index is 2.73. The maximum atomic E-state index is 11.6. The molecule has 0 aromatic heterocycles. The molecule has 5 heteroatoms. The van der Waals surface area contributed by atoms with Gasteiger partial charge in [0.1, 0.15) is 5.75 Å². The van der Waals surface area contributed by atoms with Gasteiger partial charge in [-0.1, -0.05) is 0 Å². The number of aliphatic hydroxyl groups is 1. The van der Waals surface area contributed by atoms with Gasteiger partial charge in [-0.25, -0.2) is 0 Å². The lowest BCUT2D eigenvalue weighted by Gasteiger charge is -2.09. The number of methoxy groups -OCH3 is 1. The Morgan fingerprint density at radius 2 is 2.31 bits per heavy atom. The highest BCUT2D eigenvalue weighted by molar-refractivity contribution is 5.95. The van der Waals surface area contributed by atoms with Crippen LogP contribution in [0.3, 0.4) is 0 Å². The number of amides is 1. The first-order valence-electron chi connectivity index (χ1n) is 4.94. The van der Waals surface area contributed by atoms with Crippen LogP contribution in [0, 0.1) is 0 Å². The van der Waals surface area contributed by atoms with Gasteiger partial charge in [-0.3, -0.25) is 4.79 Å². The van der Waals surface area contributed by atoms with E-state index in [0.717, 1.165) is 0 Å². The molecule has 0 fully saturated rings. The fraction of sp³-hybridized carbons (Fsp3) is 0.364. The van der Waals surface area contributed by atoms with Crippen molar-refractivity contribution in [3.8, 4) is 5.75 Å². The molecule has 0 aliphatic heterocycles. The molecule has 88 valence electrons. The number of hydrogen-bond donors (Lipinski definition) is 3. The normalized spacial score (nSPS) is 11.9. The molecule has 0 heterocycles. The molecule has 0 radical (unpaired) electrons. The Bertz CT molecular complexity index is 377. The molecule has 0 aliphatic carbocycles. The Morgan fingerprint density at radius 1 is 1.62 bits per heavy atom. The molecular formula is C11H16N2O3. The van der Waals surface area contributed by atoms with Gasteiger partial charge in [-0.2, -0.15) is 0 Å². The van der Waals surface area contributed by atoms with E-state index >= 15 is 0 Å². The van der Waals surface area contributed by atoms with Crippen molar-refractivity contribution in [2.24, 2.45) is 0 Å². The van der Waals surface area contributed by atoms with Gasteiger partial charge < -0.3 is 20.9 Å². The summed E-state index contributed by atoms with van der Waals surface area (Å²) in [5.41, 5.74) is 6.52. The summed E-state index contributed by atoms with van der Waals surface area (Å²) in [6.45, 7) is 1.81. The van der Waals surface area contributed by atoms with Crippen LogP contribution in [0.2, 0.25) is 0 Å². The molecule has 0 saturated heterocycles. The van der Waals surface area contributed by atoms with Crippen molar-refractivity contribution in [1.29, 1.82) is 0 Å². The Kier molecular flexibility index (Phi) is 4.13. The summed E-state index contributed by atoms with van der Waals surface area (Å²) < 4.78 is 4.98. The lowest BCUT2D eigenvalue weighted by molar-refractivity contribution is 0.0924. The van der Waals surface area contributed by atoms with E-state index in [1.807, 2.05) is 0 Å². The molecule has 0 spiro atoms. The topological polar surface area (TPSA) is 84.6 Å². The SMILES string of the molecule is COc1ccc(C(=O)NCC(C)O)cc1N. The summed E-state index contributed by atoms with van der Waals surface area (Å²) in [7, 11) is 1.51. The number of nitrogens with two attached hydrogens (primary N) is 1. The molecular weight excluding hydrogens is 208 g/mol. The molecule has 16 heavy (non-hydrogen) atoms. The number of nitrogens with one attached hydrogen (secondary N) is 1. The number of aliphatic hydroxyl groups excluding tert-OH is 1. The van der Waals surface area contributed by atoms with Gasteiger partial charge in [0, 0.05) is 12.1 Å². The van der Waals surface area contributed by atoms with E-state index in [2.05, 4.69) is 5.32 Å². The first-order chi connectivity index (χ1) is 7.54. The fourth-order valence-corrected chi connectivity index (χ4v) is 1.22. The molecule has 5 nitrogen and oxygen atoms in total. The first kappa shape index (κ1) is 12.3. The van der Waals surface area contributed by atoms with Gasteiger partial charge >= 0.3 is 0 Å². The van der Waals surface area contributed by atoms with Crippen molar-refractivity contribution in [2.75, 3.05) is 19.4 Å². The van der Waals surface area contributed by atoms with Gasteiger partial charge in [0.15, 0.2) is 0 Å². The van der Waals surface area contributed by atoms with Crippen molar-refractivity contribution in [2.45, 2.75) is 13.0 Å². The van der Waals surface area contributed by atoms with E-state index in [-0.39, 0.29) is 12.5 Å². The minimum absolute atomic E-state index is 0.213. The second kappa shape index (κ2) is 5.37. The minimum atomic E-state index is -0.570. The third-order valence-corrected chi connectivity index (χ3v) is 2.05. The van der Waals surface area contributed by atoms with Crippen LogP contribution < -0.4 is 15.8 Å². The highest BCUT2D eigenvalue weighted by atomic mass is 16.5. The van der Waals surface area contributed by atoms with Crippen LogP contribution in [-0.2, 0) is 0 Å². The number of carbonyl (C=O) groups is 1. The van der Waals surface area contributed by atoms with E-state index in [0.29, 0.717) is 17.0 Å². The highest BCUT2D eigenvalue weighted by Gasteiger charge is 2.08. The predicted octanol–water partition coefficient (Wildman–Crippen LogP) is 0.388. The fourth-order valence-electron chi connectivity index (χ4n) is 1.22. The largest absolute Gasteiger partial charge is 0.495 e. The Labute approximate surface area is 94.2 Å². The van der Waals surface area contributed by atoms with Crippen LogP contribution in [0.15, 0.2) is 18.2 Å². The average molecular weight is 224 g/mol. The number of benzene rings is 1. The van der Waals surface area contributed by atoms with E-state index in [1.54, 1.807) is 19.1 Å². The lowest BCUT2D eigenvalue weighted by Crippen LogP contribution is -2.30. The second-order valence-corrected chi connectivity index (χ2v) is 3.52. The second-order valence-electron chi connectivity index (χ2n) is 3.52. The van der Waals surface area contributed by atoms with Gasteiger partial charge in [-0.15, -0.1) is 0 Å². The van der Waals surface area contributed by atoms with Gasteiger partial charge in [0.05, 0.1) is 18.9 Å². The standard InChI is InChI=1S/C11H16N2O3/c1-7(14)6-13-11(15)8-3-4-10(16-2)9(12)5-8/h3-5,7,14H,6,12H2,1-2H3,(H,13,15). The molecule has 1 aromatic rings. The summed E-state index contributed by atoms with van der Waals surface area (Å²) in [4.78, 5) is 11.6. The zero-order chi connectivity index (χ0) is 12.1. The maximum absolute atomic E-state index is 11.6. The molecule has 1 amide bonds. The third kappa shape index (κ3) is 3.13. The summed E-state index contributed by atoms with van der Waals surface area (Å²) in [6, 6.07) is 4.79. The zero-order valence-electron chi connectivity index (χ0n) is 9.36. The maximum Gasteiger partial charge on any atom is 0.251 e. The number of rotatable bonds is 4. The summed E-state index contributed by atoms with van der Waals surface area (Å²) in [5.74, 6) is 0.266. The zero-order valence-corrected chi connectivity index (χ0v) is 9.36. The number of hydrogen-bond acceptors (Lipinski definition) is 4. The predicted molar refractivity (Wildman–Crippen MR) is 61.4 cm³/mol. The summed E-state index contributed by atoms with van der Waals surface area (Å²) in [5, 5.41) is 11.6. The molecule has 1 rings (SSSR count). The van der Waals surface area contributed by atoms with E-state index in [1.165, 1.54) is 13.2 Å². The van der Waals surface area contributed by atoms with Gasteiger partial charge in [-0.05, 0) is 25.1 Å². The van der Waals surface area contributed by atoms with Crippen molar-refractivity contribution in [3.63, 3.8) is 0 Å². The summed E-state index contributed by atoms with van der Waals surface area (Å²) in [6.07, 6.45) is -0.570. The van der Waals surface area contributed by atoms with Crippen molar-refractivity contribution < 1.29 is 14.6 Å². The van der Waals surface area contributed by atoms with Crippen LogP contribution in [0.5, 0.6) is 5.75 Å². The number of nitrogen functional groups attached to an aromatic ring is 1. The molecule has 4 N–H and O–H groups in total. The lowest BCUT2D eigenvalue weighted by atomic mass is 10.1. The van der Waals surface area contributed by atoms with Crippen molar-refractivity contribution >= 4 is 11.6 Å². The van der Waals surface area contributed by atoms with Crippen LogP contribution >= 0.6 is 0 Å². The number of anilines is 1. The summed E-state index contributed by atoms with van der Waals surface area (Å²) >= 11 is 0. The van der Waals surface area contributed by atoms with E-state index in [4.69, 9.17) is 15.6 Å². The van der Waals surface area contributed by atoms with E-state index in [9.17, 15) is 4.79 Å². The van der Waals surface area contributed by atoms with Crippen LogP contribution in [0.4, 0.5) is 5.69 Å². The molecule has 1 atom stereocenters. The molecule has 0 aliphatic rings. The van der Waals surface area contributed by atoms with Crippen LogP contribution in [0.25, 0.3) is 0 Å². The highest BCUT2D eigenvalue weighted by Crippen LogP contribution is 2.21. The van der Waals surface area contributed by atoms with Crippen molar-refractivity contribution in [3.05, 3.63) is 23.8 Å². The number of carbonyl (C=O) groups excluding carboxylic acids is 1. The quantitative estimate of drug-likeness (QED) is 0.646. The van der Waals surface area contributed by atoms with Crippen LogP contribution in [-0.4, -0.2) is 30.8 Å². The van der Waals surface area contributed by atoms with Crippen LogP contribution in [0.1, 0.15) is 17.3 Å². The Morgan fingerprint density at radius 3 is 2.81 bits per heavy atom. The monoisotopic (exact) mass is 224 g/mol. The molecule has 1 unspecified atom stereocenters. The molecule has 1 aromatic carbocycles. The van der Waals surface area contributed by atoms with Gasteiger partial charge in [0.2, 0.25) is 0 Å². The number of ether oxygens (including phenoxy) is 1. The van der Waals surface area contributed by atoms with Crippen molar-refractivity contribution in [1.82, 2.24) is 5.32 Å². The Hall–Kier alpha value is -1.75. The smallest absolute Gasteiger partial charge is 0.251 e. The molecule has 0 saturated carbocycles. The first-order valence-corrected chi connectivity index (χ1v) is 4.94. The van der Waals surface area contributed by atoms with Gasteiger partial charge in [0.25, 0.3) is 5.91 Å². The third-order valence-electron chi connectivity index (χ3n) is 2.05. The minimum Gasteiger partial charge on any atom is -0.495 e. The average Bonchev–Trinajstić information content (AvgIpc) is 2.25. The van der Waals surface area contributed by atoms with E-state index < -0.39 is 6.10 Å².